The van der Waals surface area contributed by atoms with Crippen LogP contribution in [0.5, 0.6) is 5.75 Å². The van der Waals surface area contributed by atoms with E-state index >= 15 is 0 Å². The fourth-order valence-electron chi connectivity index (χ4n) is 2.32. The van der Waals surface area contributed by atoms with Crippen molar-refractivity contribution in [3.63, 3.8) is 0 Å². The van der Waals surface area contributed by atoms with E-state index in [2.05, 4.69) is 55.0 Å². The summed E-state index contributed by atoms with van der Waals surface area (Å²) in [5.74, 6) is 2.59. The highest BCUT2D eigenvalue weighted by atomic mass is 79.9. The Labute approximate surface area is 154 Å². The van der Waals surface area contributed by atoms with Gasteiger partial charge in [0, 0.05) is 15.9 Å². The zero-order chi connectivity index (χ0) is 16.9. The molecule has 2 aromatic carbocycles. The molecule has 0 atom stereocenters. The molecule has 0 aliphatic rings. The summed E-state index contributed by atoms with van der Waals surface area (Å²) in [7, 11) is 0. The van der Waals surface area contributed by atoms with Crippen molar-refractivity contribution in [2.75, 3.05) is 6.61 Å². The predicted octanol–water partition coefficient (Wildman–Crippen LogP) is 5.03. The van der Waals surface area contributed by atoms with E-state index < -0.39 is 0 Å². The Morgan fingerprint density at radius 2 is 1.75 bits per heavy atom. The number of thioether (sulfide) groups is 1. The molecule has 3 rings (SSSR count). The molecule has 0 unspecified atom stereocenters. The Balaban J connectivity index is 1.79. The number of ether oxygens (including phenoxy) is 1. The van der Waals surface area contributed by atoms with Crippen molar-refractivity contribution in [3.05, 3.63) is 64.4 Å². The third kappa shape index (κ3) is 3.99. The van der Waals surface area contributed by atoms with E-state index in [1.807, 2.05) is 38.1 Å². The van der Waals surface area contributed by atoms with Gasteiger partial charge in [-0.25, -0.2) is 0 Å². The maximum atomic E-state index is 5.50. The lowest BCUT2D eigenvalue weighted by atomic mass is 10.2. The second-order valence-electron chi connectivity index (χ2n) is 5.21. The molecule has 0 aliphatic carbocycles. The molecule has 0 bridgehead atoms. The van der Waals surface area contributed by atoms with Crippen LogP contribution in [-0.4, -0.2) is 21.4 Å². The minimum atomic E-state index is 0.666. The van der Waals surface area contributed by atoms with Crippen LogP contribution >= 0.6 is 27.7 Å². The number of aryl methyl sites for hydroxylation is 1. The van der Waals surface area contributed by atoms with Gasteiger partial charge in [0.05, 0.1) is 6.61 Å². The molecule has 0 N–H and O–H groups in total. The highest BCUT2D eigenvalue weighted by Gasteiger charge is 2.11. The van der Waals surface area contributed by atoms with Crippen LogP contribution in [0.15, 0.2) is 58.2 Å². The quantitative estimate of drug-likeness (QED) is 0.541. The van der Waals surface area contributed by atoms with E-state index in [1.54, 1.807) is 11.8 Å². The number of hydrogen-bond donors (Lipinski definition) is 0. The highest BCUT2D eigenvalue weighted by molar-refractivity contribution is 9.10. The smallest absolute Gasteiger partial charge is 0.196 e. The Morgan fingerprint density at radius 1 is 1.04 bits per heavy atom. The van der Waals surface area contributed by atoms with Gasteiger partial charge in [0.15, 0.2) is 5.16 Å². The van der Waals surface area contributed by atoms with Crippen molar-refractivity contribution < 1.29 is 4.74 Å². The summed E-state index contributed by atoms with van der Waals surface area (Å²) in [5.41, 5.74) is 2.29. The molecule has 1 heterocycles. The van der Waals surface area contributed by atoms with E-state index in [1.165, 1.54) is 5.56 Å². The summed E-state index contributed by atoms with van der Waals surface area (Å²) in [6.45, 7) is 4.61. The molecule has 3 aromatic rings. The molecule has 0 saturated heterocycles. The SMILES string of the molecule is CCOc1ccc(-n2c(C)nnc2SCc2ccc(Br)cc2)cc1. The highest BCUT2D eigenvalue weighted by Crippen LogP contribution is 2.26. The molecule has 0 saturated carbocycles. The van der Waals surface area contributed by atoms with E-state index in [-0.39, 0.29) is 0 Å². The third-order valence-electron chi connectivity index (χ3n) is 3.48. The third-order valence-corrected chi connectivity index (χ3v) is 5.01. The number of hydrogen-bond acceptors (Lipinski definition) is 4. The second kappa shape index (κ2) is 7.85. The van der Waals surface area contributed by atoms with E-state index in [9.17, 15) is 0 Å². The van der Waals surface area contributed by atoms with Gasteiger partial charge < -0.3 is 4.74 Å². The van der Waals surface area contributed by atoms with Crippen molar-refractivity contribution in [1.82, 2.24) is 14.8 Å². The number of nitrogens with zero attached hydrogens (tertiary/aromatic N) is 3. The summed E-state index contributed by atoms with van der Waals surface area (Å²) < 4.78 is 8.66. The molecule has 1 aromatic heterocycles. The lowest BCUT2D eigenvalue weighted by Crippen LogP contribution is -2.00. The van der Waals surface area contributed by atoms with E-state index in [0.29, 0.717) is 6.61 Å². The van der Waals surface area contributed by atoms with Gasteiger partial charge in [0.25, 0.3) is 0 Å². The van der Waals surface area contributed by atoms with Gasteiger partial charge in [0.1, 0.15) is 11.6 Å². The van der Waals surface area contributed by atoms with E-state index in [0.717, 1.165) is 32.6 Å². The van der Waals surface area contributed by atoms with Crippen molar-refractivity contribution in [1.29, 1.82) is 0 Å². The number of rotatable bonds is 6. The maximum Gasteiger partial charge on any atom is 0.196 e. The maximum absolute atomic E-state index is 5.50. The van der Waals surface area contributed by atoms with Crippen LogP contribution in [0.2, 0.25) is 0 Å². The molecule has 0 aliphatic heterocycles. The van der Waals surface area contributed by atoms with Crippen LogP contribution < -0.4 is 4.74 Å². The molecule has 0 radical (unpaired) electrons. The Bertz CT molecular complexity index is 800. The monoisotopic (exact) mass is 403 g/mol. The molecule has 0 fully saturated rings. The van der Waals surface area contributed by atoms with Crippen LogP contribution in [0.25, 0.3) is 5.69 Å². The molecule has 6 heteroatoms. The predicted molar refractivity (Wildman–Crippen MR) is 101 cm³/mol. The summed E-state index contributed by atoms with van der Waals surface area (Å²) in [5, 5.41) is 9.44. The number of aromatic nitrogens is 3. The standard InChI is InChI=1S/C18H18BrN3OS/c1-3-23-17-10-8-16(9-11-17)22-13(2)20-21-18(22)24-12-14-4-6-15(19)7-5-14/h4-11H,3,12H2,1-2H3. The van der Waals surface area contributed by atoms with Crippen molar-refractivity contribution in [3.8, 4) is 11.4 Å². The van der Waals surface area contributed by atoms with Crippen LogP contribution in [-0.2, 0) is 5.75 Å². The first kappa shape index (κ1) is 17.0. The summed E-state index contributed by atoms with van der Waals surface area (Å²) >= 11 is 5.14. The first-order valence-corrected chi connectivity index (χ1v) is 9.47. The first-order chi connectivity index (χ1) is 11.7. The molecule has 4 nitrogen and oxygen atoms in total. The average Bonchev–Trinajstić information content (AvgIpc) is 2.96. The topological polar surface area (TPSA) is 39.9 Å². The largest absolute Gasteiger partial charge is 0.494 e. The fourth-order valence-corrected chi connectivity index (χ4v) is 3.54. The Hall–Kier alpha value is -1.79. The number of halogens is 1. The van der Waals surface area contributed by atoms with Gasteiger partial charge in [0.2, 0.25) is 0 Å². The van der Waals surface area contributed by atoms with E-state index in [4.69, 9.17) is 4.74 Å². The number of benzene rings is 2. The lowest BCUT2D eigenvalue weighted by molar-refractivity contribution is 0.340. The summed E-state index contributed by atoms with van der Waals surface area (Å²) in [6.07, 6.45) is 0. The normalized spacial score (nSPS) is 10.8. The Kier molecular flexibility index (Phi) is 5.58. The van der Waals surface area contributed by atoms with Gasteiger partial charge in [-0.1, -0.05) is 39.8 Å². The van der Waals surface area contributed by atoms with Crippen LogP contribution in [0.1, 0.15) is 18.3 Å². The average molecular weight is 404 g/mol. The minimum Gasteiger partial charge on any atom is -0.494 e. The first-order valence-electron chi connectivity index (χ1n) is 7.70. The second-order valence-corrected chi connectivity index (χ2v) is 7.07. The summed E-state index contributed by atoms with van der Waals surface area (Å²) in [6, 6.07) is 16.3. The minimum absolute atomic E-state index is 0.666. The van der Waals surface area contributed by atoms with Crippen molar-refractivity contribution >= 4 is 27.7 Å². The zero-order valence-corrected chi connectivity index (χ0v) is 16.0. The molecule has 124 valence electrons. The van der Waals surface area contributed by atoms with Crippen LogP contribution in [0.4, 0.5) is 0 Å². The van der Waals surface area contributed by atoms with Crippen molar-refractivity contribution in [2.45, 2.75) is 24.8 Å². The molecule has 24 heavy (non-hydrogen) atoms. The van der Waals surface area contributed by atoms with Gasteiger partial charge >= 0.3 is 0 Å². The van der Waals surface area contributed by atoms with Gasteiger partial charge in [-0.2, -0.15) is 0 Å². The van der Waals surface area contributed by atoms with Gasteiger partial charge in [-0.15, -0.1) is 10.2 Å². The van der Waals surface area contributed by atoms with Crippen molar-refractivity contribution in [2.24, 2.45) is 0 Å². The van der Waals surface area contributed by atoms with Gasteiger partial charge in [-0.3, -0.25) is 4.57 Å². The summed E-state index contributed by atoms with van der Waals surface area (Å²) in [4.78, 5) is 0. The lowest BCUT2D eigenvalue weighted by Gasteiger charge is -2.10. The zero-order valence-electron chi connectivity index (χ0n) is 13.6. The molecular weight excluding hydrogens is 386 g/mol. The van der Waals surface area contributed by atoms with Crippen LogP contribution in [0, 0.1) is 6.92 Å². The van der Waals surface area contributed by atoms with Gasteiger partial charge in [-0.05, 0) is 55.8 Å². The van der Waals surface area contributed by atoms with Crippen LogP contribution in [0.3, 0.4) is 0 Å². The fraction of sp³-hybridized carbons (Fsp3) is 0.222. The molecule has 0 amide bonds. The molecular formula is C18H18BrN3OS. The molecule has 0 spiro atoms. The Morgan fingerprint density at radius 3 is 2.42 bits per heavy atom.